The predicted molar refractivity (Wildman–Crippen MR) is 150 cm³/mol. The Hall–Kier alpha value is -3.75. The van der Waals surface area contributed by atoms with Crippen LogP contribution in [0.25, 0.3) is 33.4 Å². The van der Waals surface area contributed by atoms with Crippen LogP contribution >= 0.6 is 0 Å². The van der Waals surface area contributed by atoms with Gasteiger partial charge in [0.05, 0.1) is 21.6 Å². The minimum atomic E-state index is -3.82. The normalized spacial score (nSPS) is 13.7. The second kappa shape index (κ2) is 9.53. The fourth-order valence-electron chi connectivity index (χ4n) is 5.51. The Labute approximate surface area is 223 Å². The fraction of sp³-hybridized carbons (Fsp3) is 0.267. The van der Waals surface area contributed by atoms with E-state index in [9.17, 15) is 8.42 Å². The van der Waals surface area contributed by atoms with E-state index in [1.54, 1.807) is 18.2 Å². The summed E-state index contributed by atoms with van der Waals surface area (Å²) in [6.07, 6.45) is 6.46. The van der Waals surface area contributed by atoms with Gasteiger partial charge in [0, 0.05) is 43.3 Å². The first-order valence-electron chi connectivity index (χ1n) is 13.1. The molecule has 5 aromatic rings. The molecule has 2 N–H and O–H groups in total. The molecule has 3 heterocycles. The third-order valence-electron chi connectivity index (χ3n) is 7.44. The number of nitrogens with two attached hydrogens (primary N) is 1. The lowest BCUT2D eigenvalue weighted by Gasteiger charge is -2.12. The highest BCUT2D eigenvalue weighted by Crippen LogP contribution is 2.31. The van der Waals surface area contributed by atoms with Crippen LogP contribution in [0.15, 0.2) is 71.8 Å². The van der Waals surface area contributed by atoms with Crippen molar-refractivity contribution in [2.45, 2.75) is 57.5 Å². The van der Waals surface area contributed by atoms with Gasteiger partial charge in [0.2, 0.25) is 10.0 Å². The minimum absolute atomic E-state index is 0.130. The van der Waals surface area contributed by atoms with E-state index in [0.717, 1.165) is 64.2 Å². The van der Waals surface area contributed by atoms with E-state index < -0.39 is 10.0 Å². The number of imidazole rings is 2. The Bertz CT molecular complexity index is 1740. The molecule has 0 aliphatic carbocycles. The molecule has 0 amide bonds. The summed E-state index contributed by atoms with van der Waals surface area (Å²) in [6, 6.07) is 19.2. The van der Waals surface area contributed by atoms with Crippen molar-refractivity contribution < 1.29 is 8.42 Å². The number of hydrogen-bond acceptors (Lipinski definition) is 4. The van der Waals surface area contributed by atoms with E-state index in [1.165, 1.54) is 18.7 Å². The van der Waals surface area contributed by atoms with Crippen molar-refractivity contribution in [3.63, 3.8) is 0 Å². The summed E-state index contributed by atoms with van der Waals surface area (Å²) < 4.78 is 28.7. The molecule has 1 aliphatic rings. The van der Waals surface area contributed by atoms with Crippen LogP contribution in [0.5, 0.6) is 0 Å². The molecule has 0 radical (unpaired) electrons. The summed E-state index contributed by atoms with van der Waals surface area (Å²) >= 11 is 0. The largest absolute Gasteiger partial charge is 0.334 e. The standard InChI is InChI=1S/C30H31N5O2S/c1-3-28-33-30-20(2)16-23(25-19-34-15-7-6-10-29(34)32-25)17-26(30)35(28)18-21-11-13-22(14-12-21)24-8-4-5-9-27(24)38(31,36)37/h4-5,8-9,11-14,16-17,19H,3,6-7,10,15,18H2,1-2H3,(H2,31,36,37). The third-order valence-corrected chi connectivity index (χ3v) is 8.41. The summed E-state index contributed by atoms with van der Waals surface area (Å²) in [5, 5.41) is 5.45. The van der Waals surface area contributed by atoms with E-state index in [2.05, 4.69) is 41.3 Å². The van der Waals surface area contributed by atoms with Crippen LogP contribution in [0, 0.1) is 6.92 Å². The molecule has 0 bridgehead atoms. The second-order valence-electron chi connectivity index (χ2n) is 10.1. The highest BCUT2D eigenvalue weighted by Gasteiger charge is 2.18. The molecule has 0 atom stereocenters. The molecular weight excluding hydrogens is 494 g/mol. The summed E-state index contributed by atoms with van der Waals surface area (Å²) in [5.74, 6) is 2.21. The predicted octanol–water partition coefficient (Wildman–Crippen LogP) is 5.47. The van der Waals surface area contributed by atoms with E-state index in [1.807, 2.05) is 30.3 Å². The van der Waals surface area contributed by atoms with Gasteiger partial charge in [-0.1, -0.05) is 49.4 Å². The number of aromatic nitrogens is 4. The molecule has 3 aromatic carbocycles. The van der Waals surface area contributed by atoms with Crippen molar-refractivity contribution >= 4 is 21.1 Å². The Morgan fingerprint density at radius 2 is 1.76 bits per heavy atom. The van der Waals surface area contributed by atoms with E-state index in [0.29, 0.717) is 12.1 Å². The molecule has 0 unspecified atom stereocenters. The maximum absolute atomic E-state index is 12.1. The first kappa shape index (κ1) is 24.6. The smallest absolute Gasteiger partial charge is 0.238 e. The number of rotatable bonds is 6. The quantitative estimate of drug-likeness (QED) is 0.318. The fourth-order valence-corrected chi connectivity index (χ4v) is 6.27. The Balaban J connectivity index is 1.37. The topological polar surface area (TPSA) is 95.8 Å². The van der Waals surface area contributed by atoms with Gasteiger partial charge in [-0.05, 0) is 54.7 Å². The number of sulfonamides is 1. The maximum Gasteiger partial charge on any atom is 0.238 e. The van der Waals surface area contributed by atoms with Crippen molar-refractivity contribution in [2.24, 2.45) is 5.14 Å². The molecule has 0 saturated carbocycles. The lowest BCUT2D eigenvalue weighted by atomic mass is 10.0. The zero-order valence-electron chi connectivity index (χ0n) is 21.7. The van der Waals surface area contributed by atoms with Crippen LogP contribution in [-0.2, 0) is 36.0 Å². The Morgan fingerprint density at radius 1 is 0.974 bits per heavy atom. The van der Waals surface area contributed by atoms with Gasteiger partial charge < -0.3 is 9.13 Å². The van der Waals surface area contributed by atoms with E-state index >= 15 is 0 Å². The average molecular weight is 526 g/mol. The molecule has 194 valence electrons. The number of fused-ring (bicyclic) bond motifs is 2. The summed E-state index contributed by atoms with van der Waals surface area (Å²) in [6.45, 7) is 5.96. The molecule has 0 saturated heterocycles. The highest BCUT2D eigenvalue weighted by molar-refractivity contribution is 7.89. The van der Waals surface area contributed by atoms with Gasteiger partial charge in [0.1, 0.15) is 11.6 Å². The molecule has 38 heavy (non-hydrogen) atoms. The van der Waals surface area contributed by atoms with Gasteiger partial charge in [-0.2, -0.15) is 0 Å². The highest BCUT2D eigenvalue weighted by atomic mass is 32.2. The van der Waals surface area contributed by atoms with Gasteiger partial charge in [-0.15, -0.1) is 0 Å². The van der Waals surface area contributed by atoms with Gasteiger partial charge in [0.15, 0.2) is 0 Å². The lowest BCUT2D eigenvalue weighted by molar-refractivity contribution is 0.522. The van der Waals surface area contributed by atoms with Crippen molar-refractivity contribution in [2.75, 3.05) is 0 Å². The first-order chi connectivity index (χ1) is 18.3. The van der Waals surface area contributed by atoms with Gasteiger partial charge in [-0.25, -0.2) is 23.5 Å². The summed E-state index contributed by atoms with van der Waals surface area (Å²) in [7, 11) is -3.82. The van der Waals surface area contributed by atoms with Gasteiger partial charge in [-0.3, -0.25) is 0 Å². The SMILES string of the molecule is CCc1nc2c(C)cc(-c3cn4c(n3)CCCC4)cc2n1Cc1ccc(-c2ccccc2S(N)(=O)=O)cc1. The van der Waals surface area contributed by atoms with Gasteiger partial charge in [0.25, 0.3) is 0 Å². The van der Waals surface area contributed by atoms with E-state index in [4.69, 9.17) is 15.1 Å². The number of primary sulfonamides is 1. The molecule has 8 heteroatoms. The number of nitrogens with zero attached hydrogens (tertiary/aromatic N) is 4. The second-order valence-corrected chi connectivity index (χ2v) is 11.6. The van der Waals surface area contributed by atoms with Crippen LogP contribution in [0.3, 0.4) is 0 Å². The van der Waals surface area contributed by atoms with Crippen LogP contribution in [0.2, 0.25) is 0 Å². The van der Waals surface area contributed by atoms with E-state index in [-0.39, 0.29) is 4.90 Å². The van der Waals surface area contributed by atoms with Crippen molar-refractivity contribution in [1.29, 1.82) is 0 Å². The summed E-state index contributed by atoms with van der Waals surface area (Å²) in [4.78, 5) is 10.1. The molecule has 7 nitrogen and oxygen atoms in total. The van der Waals surface area contributed by atoms with Crippen LogP contribution in [0.1, 0.15) is 42.5 Å². The van der Waals surface area contributed by atoms with Crippen LogP contribution in [0.4, 0.5) is 0 Å². The minimum Gasteiger partial charge on any atom is -0.334 e. The molecular formula is C30H31N5O2S. The Morgan fingerprint density at radius 3 is 2.50 bits per heavy atom. The molecule has 0 spiro atoms. The molecule has 0 fully saturated rings. The zero-order valence-corrected chi connectivity index (χ0v) is 22.5. The monoisotopic (exact) mass is 525 g/mol. The molecule has 2 aromatic heterocycles. The number of benzene rings is 3. The lowest BCUT2D eigenvalue weighted by Crippen LogP contribution is -2.13. The number of hydrogen-bond donors (Lipinski definition) is 1. The number of aryl methyl sites for hydroxylation is 4. The van der Waals surface area contributed by atoms with Gasteiger partial charge >= 0.3 is 0 Å². The summed E-state index contributed by atoms with van der Waals surface area (Å²) in [5.41, 5.74) is 7.94. The molecule has 6 rings (SSSR count). The van der Waals surface area contributed by atoms with Crippen molar-refractivity contribution in [3.8, 4) is 22.4 Å². The third kappa shape index (κ3) is 4.44. The van der Waals surface area contributed by atoms with Crippen molar-refractivity contribution in [1.82, 2.24) is 19.1 Å². The van der Waals surface area contributed by atoms with Crippen LogP contribution in [-0.4, -0.2) is 27.5 Å². The Kier molecular flexibility index (Phi) is 6.16. The van der Waals surface area contributed by atoms with Crippen molar-refractivity contribution in [3.05, 3.63) is 89.6 Å². The van der Waals surface area contributed by atoms with Crippen LogP contribution < -0.4 is 5.14 Å². The first-order valence-corrected chi connectivity index (χ1v) is 14.6. The average Bonchev–Trinajstić information content (AvgIpc) is 3.50. The maximum atomic E-state index is 12.1. The molecule has 1 aliphatic heterocycles. The zero-order chi connectivity index (χ0) is 26.4.